The van der Waals surface area contributed by atoms with Gasteiger partial charge in [-0.3, -0.25) is 0 Å². The minimum atomic E-state index is 0.0884. The fourth-order valence-electron chi connectivity index (χ4n) is 0.933. The molecule has 0 heterocycles. The van der Waals surface area contributed by atoms with E-state index in [-0.39, 0.29) is 6.04 Å². The van der Waals surface area contributed by atoms with Crippen LogP contribution in [-0.2, 0) is 0 Å². The summed E-state index contributed by atoms with van der Waals surface area (Å²) in [4.78, 5) is 0. The second-order valence-electron chi connectivity index (χ2n) is 3.10. The molecule has 0 bridgehead atoms. The lowest BCUT2D eigenvalue weighted by molar-refractivity contribution is 0.296. The van der Waals surface area contributed by atoms with Crippen molar-refractivity contribution in [3.05, 3.63) is 29.8 Å². The molecule has 0 aliphatic carbocycles. The molecule has 0 saturated carbocycles. The molecule has 0 spiro atoms. The van der Waals surface area contributed by atoms with Crippen molar-refractivity contribution in [1.29, 1.82) is 0 Å². The van der Waals surface area contributed by atoms with Crippen LogP contribution in [0.2, 0.25) is 0 Å². The Labute approximate surface area is 73.3 Å². The summed E-state index contributed by atoms with van der Waals surface area (Å²) in [6.45, 7) is 4.54. The fraction of sp³-hybridized carbons (Fsp3) is 0.400. The lowest BCUT2D eigenvalue weighted by atomic mass is 10.2. The van der Waals surface area contributed by atoms with E-state index in [9.17, 15) is 0 Å². The Morgan fingerprint density at radius 1 is 1.50 bits per heavy atom. The molecule has 0 unspecified atom stereocenters. The van der Waals surface area contributed by atoms with Crippen molar-refractivity contribution >= 4 is 0 Å². The van der Waals surface area contributed by atoms with Crippen LogP contribution in [0, 0.1) is 6.92 Å². The highest BCUT2D eigenvalue weighted by molar-refractivity contribution is 5.27. The van der Waals surface area contributed by atoms with Gasteiger partial charge in [-0.25, -0.2) is 0 Å². The van der Waals surface area contributed by atoms with Crippen molar-refractivity contribution in [2.24, 2.45) is 5.73 Å². The average Bonchev–Trinajstić information content (AvgIpc) is 2.01. The first-order chi connectivity index (χ1) is 5.68. The van der Waals surface area contributed by atoms with E-state index in [2.05, 4.69) is 0 Å². The number of aryl methyl sites for hydroxylation is 1. The van der Waals surface area contributed by atoms with Crippen LogP contribution in [-0.4, -0.2) is 12.6 Å². The van der Waals surface area contributed by atoms with Crippen molar-refractivity contribution in [2.45, 2.75) is 19.9 Å². The topological polar surface area (TPSA) is 35.2 Å². The molecule has 0 amide bonds. The third-order valence-corrected chi connectivity index (χ3v) is 1.50. The standard InChI is InChI=1S/C10H15NO/c1-8-4-3-5-10(6-8)12-7-9(2)11/h3-6,9H,7,11H2,1-2H3/t9-/m1/s1. The Kier molecular flexibility index (Phi) is 3.11. The van der Waals surface area contributed by atoms with E-state index in [4.69, 9.17) is 10.5 Å². The Morgan fingerprint density at radius 3 is 2.83 bits per heavy atom. The zero-order chi connectivity index (χ0) is 8.97. The molecule has 66 valence electrons. The fourth-order valence-corrected chi connectivity index (χ4v) is 0.933. The molecule has 0 saturated heterocycles. The van der Waals surface area contributed by atoms with Crippen LogP contribution in [0.15, 0.2) is 24.3 Å². The monoisotopic (exact) mass is 165 g/mol. The van der Waals surface area contributed by atoms with Crippen molar-refractivity contribution < 1.29 is 4.74 Å². The van der Waals surface area contributed by atoms with Gasteiger partial charge in [0.15, 0.2) is 0 Å². The van der Waals surface area contributed by atoms with Gasteiger partial charge in [-0.05, 0) is 31.5 Å². The van der Waals surface area contributed by atoms with Gasteiger partial charge in [0.25, 0.3) is 0 Å². The molecule has 2 heteroatoms. The molecule has 1 aromatic rings. The van der Waals surface area contributed by atoms with Crippen LogP contribution in [0.1, 0.15) is 12.5 Å². The Balaban J connectivity index is 2.52. The predicted molar refractivity (Wildman–Crippen MR) is 50.3 cm³/mol. The van der Waals surface area contributed by atoms with E-state index < -0.39 is 0 Å². The molecule has 0 fully saturated rings. The number of hydrogen-bond donors (Lipinski definition) is 1. The summed E-state index contributed by atoms with van der Waals surface area (Å²) in [5.74, 6) is 0.896. The second kappa shape index (κ2) is 4.12. The molecular weight excluding hydrogens is 150 g/mol. The number of nitrogens with two attached hydrogens (primary N) is 1. The molecule has 12 heavy (non-hydrogen) atoms. The molecule has 0 aliphatic rings. The summed E-state index contributed by atoms with van der Waals surface area (Å²) >= 11 is 0. The normalized spacial score (nSPS) is 12.6. The zero-order valence-electron chi connectivity index (χ0n) is 7.58. The maximum atomic E-state index is 5.55. The van der Waals surface area contributed by atoms with Gasteiger partial charge in [0.05, 0.1) is 0 Å². The van der Waals surface area contributed by atoms with Gasteiger partial charge >= 0.3 is 0 Å². The van der Waals surface area contributed by atoms with E-state index >= 15 is 0 Å². The molecule has 1 atom stereocenters. The van der Waals surface area contributed by atoms with Crippen LogP contribution in [0.25, 0.3) is 0 Å². The quantitative estimate of drug-likeness (QED) is 0.740. The van der Waals surface area contributed by atoms with Gasteiger partial charge < -0.3 is 10.5 Å². The van der Waals surface area contributed by atoms with Gasteiger partial charge in [-0.2, -0.15) is 0 Å². The summed E-state index contributed by atoms with van der Waals surface area (Å²) < 4.78 is 5.42. The molecule has 2 nitrogen and oxygen atoms in total. The van der Waals surface area contributed by atoms with Gasteiger partial charge in [0, 0.05) is 6.04 Å². The molecule has 0 aliphatic heterocycles. The molecular formula is C10H15NO. The summed E-state index contributed by atoms with van der Waals surface area (Å²) in [6, 6.07) is 8.05. The molecule has 0 aromatic heterocycles. The highest BCUT2D eigenvalue weighted by Gasteiger charge is 1.96. The van der Waals surface area contributed by atoms with Crippen molar-refractivity contribution in [1.82, 2.24) is 0 Å². The summed E-state index contributed by atoms with van der Waals surface area (Å²) in [6.07, 6.45) is 0. The van der Waals surface area contributed by atoms with E-state index in [1.165, 1.54) is 5.56 Å². The van der Waals surface area contributed by atoms with Gasteiger partial charge in [-0.15, -0.1) is 0 Å². The molecule has 0 radical (unpaired) electrons. The van der Waals surface area contributed by atoms with E-state index in [1.807, 2.05) is 38.1 Å². The smallest absolute Gasteiger partial charge is 0.119 e. The first-order valence-electron chi connectivity index (χ1n) is 4.13. The van der Waals surface area contributed by atoms with Crippen LogP contribution in [0.4, 0.5) is 0 Å². The van der Waals surface area contributed by atoms with Gasteiger partial charge in [-0.1, -0.05) is 12.1 Å². The zero-order valence-corrected chi connectivity index (χ0v) is 7.58. The van der Waals surface area contributed by atoms with Crippen LogP contribution < -0.4 is 10.5 Å². The minimum Gasteiger partial charge on any atom is -0.492 e. The second-order valence-corrected chi connectivity index (χ2v) is 3.10. The summed E-state index contributed by atoms with van der Waals surface area (Å²) in [5.41, 5.74) is 6.76. The Hall–Kier alpha value is -1.02. The van der Waals surface area contributed by atoms with E-state index in [0.717, 1.165) is 5.75 Å². The predicted octanol–water partition coefficient (Wildman–Crippen LogP) is 1.72. The third kappa shape index (κ3) is 2.93. The lowest BCUT2D eigenvalue weighted by Crippen LogP contribution is -2.23. The SMILES string of the molecule is Cc1cccc(OC[C@@H](C)N)c1. The van der Waals surface area contributed by atoms with Gasteiger partial charge in [0.1, 0.15) is 12.4 Å². The van der Waals surface area contributed by atoms with E-state index in [0.29, 0.717) is 6.61 Å². The van der Waals surface area contributed by atoms with Crippen LogP contribution >= 0.6 is 0 Å². The van der Waals surface area contributed by atoms with E-state index in [1.54, 1.807) is 0 Å². The highest BCUT2D eigenvalue weighted by Crippen LogP contribution is 2.11. The number of benzene rings is 1. The number of rotatable bonds is 3. The van der Waals surface area contributed by atoms with Crippen molar-refractivity contribution in [2.75, 3.05) is 6.61 Å². The first-order valence-corrected chi connectivity index (χ1v) is 4.13. The molecule has 2 N–H and O–H groups in total. The van der Waals surface area contributed by atoms with Crippen LogP contribution in [0.5, 0.6) is 5.75 Å². The van der Waals surface area contributed by atoms with Crippen molar-refractivity contribution in [3.63, 3.8) is 0 Å². The first kappa shape index (κ1) is 9.07. The summed E-state index contributed by atoms with van der Waals surface area (Å²) in [7, 11) is 0. The average molecular weight is 165 g/mol. The highest BCUT2D eigenvalue weighted by atomic mass is 16.5. The lowest BCUT2D eigenvalue weighted by Gasteiger charge is -2.08. The van der Waals surface area contributed by atoms with Crippen LogP contribution in [0.3, 0.4) is 0 Å². The van der Waals surface area contributed by atoms with Crippen molar-refractivity contribution in [3.8, 4) is 5.75 Å². The maximum Gasteiger partial charge on any atom is 0.119 e. The minimum absolute atomic E-state index is 0.0884. The van der Waals surface area contributed by atoms with Gasteiger partial charge in [0.2, 0.25) is 0 Å². The number of ether oxygens (including phenoxy) is 1. The maximum absolute atomic E-state index is 5.55. The number of hydrogen-bond acceptors (Lipinski definition) is 2. The largest absolute Gasteiger partial charge is 0.492 e. The Bertz CT molecular complexity index is 245. The third-order valence-electron chi connectivity index (χ3n) is 1.50. The summed E-state index contributed by atoms with van der Waals surface area (Å²) in [5, 5.41) is 0. The molecule has 1 aromatic carbocycles. The Morgan fingerprint density at radius 2 is 2.25 bits per heavy atom. The molecule has 1 rings (SSSR count).